The number of amides is 1. The third-order valence-electron chi connectivity index (χ3n) is 4.43. The number of nitrogens with zero attached hydrogens (tertiary/aromatic N) is 2. The van der Waals surface area contributed by atoms with E-state index in [9.17, 15) is 4.79 Å². The highest BCUT2D eigenvalue weighted by Crippen LogP contribution is 2.19. The molecule has 7 nitrogen and oxygen atoms in total. The van der Waals surface area contributed by atoms with Crippen molar-refractivity contribution in [2.24, 2.45) is 4.99 Å². The molecule has 0 atom stereocenters. The molecule has 1 aromatic rings. The summed E-state index contributed by atoms with van der Waals surface area (Å²) >= 11 is 1.69. The summed E-state index contributed by atoms with van der Waals surface area (Å²) < 4.78 is 5.35. The van der Waals surface area contributed by atoms with Crippen LogP contribution in [0.15, 0.2) is 10.4 Å². The van der Waals surface area contributed by atoms with Crippen LogP contribution in [0.2, 0.25) is 0 Å². The number of hydrogen-bond acceptors (Lipinski definition) is 5. The van der Waals surface area contributed by atoms with Gasteiger partial charge in [-0.15, -0.1) is 11.3 Å². The maximum absolute atomic E-state index is 11.9. The summed E-state index contributed by atoms with van der Waals surface area (Å²) in [5.74, 6) is 0.831. The number of carbonyl (C=O) groups is 1. The second-order valence-corrected chi connectivity index (χ2v) is 9.06. The molecule has 0 spiro atoms. The Balaban J connectivity index is 1.79. The number of hydrogen-bond donors (Lipinski definition) is 3. The lowest BCUT2D eigenvalue weighted by molar-refractivity contribution is 0.0490. The van der Waals surface area contributed by atoms with E-state index in [2.05, 4.69) is 45.2 Å². The van der Waals surface area contributed by atoms with Gasteiger partial charge in [0.05, 0.1) is 17.2 Å². The quantitative estimate of drug-likeness (QED) is 0.494. The Labute approximate surface area is 172 Å². The molecule has 1 aliphatic rings. The summed E-state index contributed by atoms with van der Waals surface area (Å²) in [4.78, 5) is 21.2. The Morgan fingerprint density at radius 2 is 1.86 bits per heavy atom. The molecule has 28 heavy (non-hydrogen) atoms. The molecular formula is C20H35N5O2S. The van der Waals surface area contributed by atoms with E-state index in [1.165, 1.54) is 0 Å². The predicted octanol–water partition coefficient (Wildman–Crippen LogP) is 3.60. The highest BCUT2D eigenvalue weighted by Gasteiger charge is 2.25. The van der Waals surface area contributed by atoms with Gasteiger partial charge in [0.2, 0.25) is 0 Å². The van der Waals surface area contributed by atoms with Crippen LogP contribution in [-0.4, -0.2) is 41.3 Å². The van der Waals surface area contributed by atoms with Gasteiger partial charge in [0.15, 0.2) is 5.96 Å². The van der Waals surface area contributed by atoms with Gasteiger partial charge in [-0.2, -0.15) is 0 Å². The highest BCUT2D eigenvalue weighted by molar-refractivity contribution is 7.09. The van der Waals surface area contributed by atoms with Crippen molar-refractivity contribution in [2.75, 3.05) is 6.54 Å². The highest BCUT2D eigenvalue weighted by atomic mass is 32.1. The molecule has 8 heteroatoms. The molecule has 1 heterocycles. The number of ether oxygens (including phenoxy) is 1. The number of aromatic nitrogens is 1. The van der Waals surface area contributed by atoms with Gasteiger partial charge in [-0.05, 0) is 59.8 Å². The number of alkyl carbamates (subject to hydrolysis) is 1. The number of aliphatic imine (C=N–C) groups is 1. The van der Waals surface area contributed by atoms with Crippen LogP contribution in [0.5, 0.6) is 0 Å². The molecule has 2 rings (SSSR count). The van der Waals surface area contributed by atoms with Crippen LogP contribution in [0.4, 0.5) is 4.79 Å². The van der Waals surface area contributed by atoms with Crippen LogP contribution in [-0.2, 0) is 17.7 Å². The zero-order valence-electron chi connectivity index (χ0n) is 17.8. The van der Waals surface area contributed by atoms with Gasteiger partial charge in [-0.1, -0.05) is 6.92 Å². The smallest absolute Gasteiger partial charge is 0.407 e. The van der Waals surface area contributed by atoms with Gasteiger partial charge in [0, 0.05) is 24.0 Å². The van der Waals surface area contributed by atoms with E-state index in [1.807, 2.05) is 20.8 Å². The van der Waals surface area contributed by atoms with Crippen LogP contribution in [0.3, 0.4) is 0 Å². The molecule has 1 fully saturated rings. The summed E-state index contributed by atoms with van der Waals surface area (Å²) in [5, 5.41) is 13.1. The molecular weight excluding hydrogens is 374 g/mol. The van der Waals surface area contributed by atoms with Crippen LogP contribution in [0.1, 0.15) is 71.0 Å². The SMILES string of the molecule is CCNC(=NCc1csc(CC)n1)NC1CCC(NC(=O)OC(C)(C)C)CC1. The first-order chi connectivity index (χ1) is 13.3. The van der Waals surface area contributed by atoms with Crippen LogP contribution in [0, 0.1) is 0 Å². The number of guanidine groups is 1. The van der Waals surface area contributed by atoms with Gasteiger partial charge in [0.25, 0.3) is 0 Å². The Morgan fingerprint density at radius 1 is 1.21 bits per heavy atom. The first kappa shape index (κ1) is 22.5. The van der Waals surface area contributed by atoms with Crippen molar-refractivity contribution in [1.82, 2.24) is 20.9 Å². The summed E-state index contributed by atoms with van der Waals surface area (Å²) in [6, 6.07) is 0.533. The molecule has 3 N–H and O–H groups in total. The summed E-state index contributed by atoms with van der Waals surface area (Å²) in [6.45, 7) is 11.2. The molecule has 1 aromatic heterocycles. The van der Waals surface area contributed by atoms with Crippen LogP contribution >= 0.6 is 11.3 Å². The fraction of sp³-hybridized carbons (Fsp3) is 0.750. The maximum atomic E-state index is 11.9. The van der Waals surface area contributed by atoms with Crippen molar-refractivity contribution in [3.63, 3.8) is 0 Å². The van der Waals surface area contributed by atoms with Gasteiger partial charge in [-0.25, -0.2) is 14.8 Å². The van der Waals surface area contributed by atoms with E-state index >= 15 is 0 Å². The molecule has 158 valence electrons. The van der Waals surface area contributed by atoms with E-state index in [4.69, 9.17) is 4.74 Å². The number of thiazole rings is 1. The molecule has 1 aliphatic carbocycles. The average molecular weight is 410 g/mol. The lowest BCUT2D eigenvalue weighted by atomic mass is 9.91. The topological polar surface area (TPSA) is 87.6 Å². The Morgan fingerprint density at radius 3 is 2.39 bits per heavy atom. The Kier molecular flexibility index (Phi) is 8.54. The summed E-state index contributed by atoms with van der Waals surface area (Å²) in [7, 11) is 0. The van der Waals surface area contributed by atoms with Crippen molar-refractivity contribution < 1.29 is 9.53 Å². The van der Waals surface area contributed by atoms with E-state index in [1.54, 1.807) is 11.3 Å². The van der Waals surface area contributed by atoms with Gasteiger partial charge in [0.1, 0.15) is 5.60 Å². The zero-order chi connectivity index (χ0) is 20.6. The molecule has 1 amide bonds. The average Bonchev–Trinajstić information content (AvgIpc) is 3.08. The van der Waals surface area contributed by atoms with Gasteiger partial charge in [-0.3, -0.25) is 0 Å². The Hall–Kier alpha value is -1.83. The van der Waals surface area contributed by atoms with E-state index in [0.29, 0.717) is 12.6 Å². The van der Waals surface area contributed by atoms with E-state index < -0.39 is 5.60 Å². The van der Waals surface area contributed by atoms with Gasteiger partial charge < -0.3 is 20.7 Å². The van der Waals surface area contributed by atoms with E-state index in [0.717, 1.165) is 55.3 Å². The number of nitrogens with one attached hydrogen (secondary N) is 3. The van der Waals surface area contributed by atoms with Crippen molar-refractivity contribution >= 4 is 23.4 Å². The fourth-order valence-corrected chi connectivity index (χ4v) is 3.85. The summed E-state index contributed by atoms with van der Waals surface area (Å²) in [5.41, 5.74) is 0.555. The lowest BCUT2D eigenvalue weighted by Gasteiger charge is -2.31. The van der Waals surface area contributed by atoms with Crippen molar-refractivity contribution in [3.05, 3.63) is 16.1 Å². The number of rotatable bonds is 6. The Bertz CT molecular complexity index is 645. The molecule has 0 bridgehead atoms. The van der Waals surface area contributed by atoms with Crippen molar-refractivity contribution in [2.45, 2.75) is 91.0 Å². The third kappa shape index (κ3) is 8.04. The number of carbonyl (C=O) groups excluding carboxylic acids is 1. The number of aryl methyl sites for hydroxylation is 1. The van der Waals surface area contributed by atoms with Crippen LogP contribution in [0.25, 0.3) is 0 Å². The largest absolute Gasteiger partial charge is 0.444 e. The predicted molar refractivity (Wildman–Crippen MR) is 115 cm³/mol. The minimum Gasteiger partial charge on any atom is -0.444 e. The third-order valence-corrected chi connectivity index (χ3v) is 5.48. The second-order valence-electron chi connectivity index (χ2n) is 8.12. The van der Waals surface area contributed by atoms with Gasteiger partial charge >= 0.3 is 6.09 Å². The monoisotopic (exact) mass is 409 g/mol. The van der Waals surface area contributed by atoms with Crippen molar-refractivity contribution in [1.29, 1.82) is 0 Å². The first-order valence-electron chi connectivity index (χ1n) is 10.3. The first-order valence-corrected chi connectivity index (χ1v) is 11.1. The molecule has 0 radical (unpaired) electrons. The maximum Gasteiger partial charge on any atom is 0.407 e. The summed E-state index contributed by atoms with van der Waals surface area (Å²) in [6.07, 6.45) is 4.48. The lowest BCUT2D eigenvalue weighted by Crippen LogP contribution is -2.48. The normalized spacial score (nSPS) is 20.5. The van der Waals surface area contributed by atoms with E-state index in [-0.39, 0.29) is 12.1 Å². The zero-order valence-corrected chi connectivity index (χ0v) is 18.6. The fourth-order valence-electron chi connectivity index (χ4n) is 3.11. The molecule has 0 aliphatic heterocycles. The minimum absolute atomic E-state index is 0.176. The minimum atomic E-state index is -0.463. The molecule has 0 saturated heterocycles. The molecule has 1 saturated carbocycles. The second kappa shape index (κ2) is 10.6. The van der Waals surface area contributed by atoms with Crippen LogP contribution < -0.4 is 16.0 Å². The molecule has 0 unspecified atom stereocenters. The van der Waals surface area contributed by atoms with Crippen molar-refractivity contribution in [3.8, 4) is 0 Å². The molecule has 0 aromatic carbocycles. The standard InChI is InChI=1S/C20H35N5O2S/c1-6-17-23-16(13-28-17)12-22-18(21-7-2)24-14-8-10-15(11-9-14)25-19(26)27-20(3,4)5/h13-15H,6-12H2,1-5H3,(H,25,26)(H2,21,22,24).